The molecular weight excluding hydrogens is 350 g/mol. The molecule has 2 aromatic rings. The van der Waals surface area contributed by atoms with Crippen molar-refractivity contribution in [1.29, 1.82) is 0 Å². The van der Waals surface area contributed by atoms with Crippen molar-refractivity contribution in [3.63, 3.8) is 0 Å². The molecule has 0 aliphatic carbocycles. The fraction of sp³-hybridized carbons (Fsp3) is 0.316. The number of carbonyl (C=O) groups is 2. The van der Waals surface area contributed by atoms with Crippen LogP contribution in [0.15, 0.2) is 47.6 Å². The van der Waals surface area contributed by atoms with Crippen molar-refractivity contribution in [3.05, 3.63) is 48.2 Å². The van der Waals surface area contributed by atoms with E-state index in [1.807, 2.05) is 36.4 Å². The lowest BCUT2D eigenvalue weighted by Crippen LogP contribution is -2.37. The van der Waals surface area contributed by atoms with E-state index in [1.165, 1.54) is 11.8 Å². The second-order valence-electron chi connectivity index (χ2n) is 5.89. The highest BCUT2D eigenvalue weighted by atomic mass is 32.2. The number of methoxy groups -OCH3 is 1. The van der Waals surface area contributed by atoms with Crippen LogP contribution in [0.5, 0.6) is 5.75 Å². The molecule has 7 heteroatoms. The van der Waals surface area contributed by atoms with Crippen LogP contribution in [0.2, 0.25) is 0 Å². The van der Waals surface area contributed by atoms with Crippen LogP contribution < -0.4 is 15.0 Å². The Hall–Kier alpha value is -2.54. The monoisotopic (exact) mass is 371 g/mol. The molecule has 0 saturated carbocycles. The first-order valence-electron chi connectivity index (χ1n) is 8.45. The molecule has 6 nitrogen and oxygen atoms in total. The lowest BCUT2D eigenvalue weighted by molar-refractivity contribution is -0.121. The Morgan fingerprint density at radius 3 is 3.08 bits per heavy atom. The van der Waals surface area contributed by atoms with Crippen molar-refractivity contribution in [2.45, 2.75) is 24.4 Å². The van der Waals surface area contributed by atoms with Gasteiger partial charge in [0.25, 0.3) is 0 Å². The third-order valence-electron chi connectivity index (χ3n) is 4.08. The zero-order valence-corrected chi connectivity index (χ0v) is 15.4. The molecule has 0 bridgehead atoms. The van der Waals surface area contributed by atoms with Gasteiger partial charge in [0.1, 0.15) is 10.8 Å². The summed E-state index contributed by atoms with van der Waals surface area (Å²) in [5, 5.41) is 3.77. The average Bonchev–Trinajstić information content (AvgIpc) is 2.68. The molecule has 1 aliphatic heterocycles. The number of anilines is 1. The highest BCUT2D eigenvalue weighted by molar-refractivity contribution is 8.00. The van der Waals surface area contributed by atoms with Gasteiger partial charge in [0, 0.05) is 25.7 Å². The van der Waals surface area contributed by atoms with Gasteiger partial charge in [-0.1, -0.05) is 23.9 Å². The number of thioether (sulfide) groups is 1. The average molecular weight is 371 g/mol. The Balaban J connectivity index is 1.47. The maximum Gasteiger partial charge on any atom is 0.237 e. The van der Waals surface area contributed by atoms with E-state index in [0.29, 0.717) is 31.7 Å². The van der Waals surface area contributed by atoms with Gasteiger partial charge in [-0.25, -0.2) is 4.98 Å². The van der Waals surface area contributed by atoms with Crippen LogP contribution in [0.25, 0.3) is 0 Å². The number of pyridine rings is 1. The van der Waals surface area contributed by atoms with Gasteiger partial charge in [-0.3, -0.25) is 9.59 Å². The van der Waals surface area contributed by atoms with Gasteiger partial charge in [0.2, 0.25) is 11.8 Å². The van der Waals surface area contributed by atoms with Crippen LogP contribution in [0.4, 0.5) is 5.69 Å². The summed E-state index contributed by atoms with van der Waals surface area (Å²) >= 11 is 1.46. The van der Waals surface area contributed by atoms with Crippen LogP contribution in [0, 0.1) is 0 Å². The van der Waals surface area contributed by atoms with E-state index in [-0.39, 0.29) is 11.8 Å². The zero-order valence-electron chi connectivity index (χ0n) is 14.6. The highest BCUT2D eigenvalue weighted by Crippen LogP contribution is 2.33. The summed E-state index contributed by atoms with van der Waals surface area (Å²) in [6.07, 6.45) is 2.71. The number of fused-ring (bicyclic) bond motifs is 1. The van der Waals surface area contributed by atoms with Gasteiger partial charge in [0.05, 0.1) is 18.6 Å². The lowest BCUT2D eigenvalue weighted by Gasteiger charge is -2.27. The molecular formula is C19H21N3O3S. The van der Waals surface area contributed by atoms with Crippen molar-refractivity contribution in [2.75, 3.05) is 24.3 Å². The molecule has 0 fully saturated rings. The minimum Gasteiger partial charge on any atom is -0.497 e. The van der Waals surface area contributed by atoms with Crippen molar-refractivity contribution in [3.8, 4) is 5.75 Å². The third kappa shape index (κ3) is 4.54. The minimum absolute atomic E-state index is 0.0296. The Morgan fingerprint density at radius 2 is 2.23 bits per heavy atom. The number of carbonyl (C=O) groups excluding carboxylic acids is 2. The summed E-state index contributed by atoms with van der Waals surface area (Å²) in [5.41, 5.74) is 1.83. The molecule has 2 amide bonds. The number of rotatable bonds is 7. The molecule has 0 unspecified atom stereocenters. The highest BCUT2D eigenvalue weighted by Gasteiger charge is 2.24. The molecule has 26 heavy (non-hydrogen) atoms. The first-order valence-corrected chi connectivity index (χ1v) is 9.44. The summed E-state index contributed by atoms with van der Waals surface area (Å²) in [7, 11) is 1.62. The molecule has 3 rings (SSSR count). The number of hydrogen-bond acceptors (Lipinski definition) is 5. The zero-order chi connectivity index (χ0) is 18.4. The maximum absolute atomic E-state index is 12.2. The van der Waals surface area contributed by atoms with Gasteiger partial charge in [0.15, 0.2) is 0 Å². The van der Waals surface area contributed by atoms with Crippen molar-refractivity contribution < 1.29 is 14.3 Å². The molecule has 1 N–H and O–H groups in total. The van der Waals surface area contributed by atoms with Gasteiger partial charge in [-0.2, -0.15) is 0 Å². The van der Waals surface area contributed by atoms with Crippen LogP contribution in [0.1, 0.15) is 18.4 Å². The summed E-state index contributed by atoms with van der Waals surface area (Å²) in [4.78, 5) is 30.3. The topological polar surface area (TPSA) is 71.5 Å². The molecule has 0 saturated heterocycles. The van der Waals surface area contributed by atoms with Crippen LogP contribution in [-0.4, -0.2) is 36.2 Å². The Labute approximate surface area is 156 Å². The van der Waals surface area contributed by atoms with E-state index in [2.05, 4.69) is 10.3 Å². The Morgan fingerprint density at radius 1 is 1.35 bits per heavy atom. The van der Waals surface area contributed by atoms with Crippen LogP contribution >= 0.6 is 11.8 Å². The smallest absolute Gasteiger partial charge is 0.237 e. The number of nitrogens with one attached hydrogen (secondary N) is 1. The number of benzene rings is 1. The summed E-state index contributed by atoms with van der Waals surface area (Å²) in [6.45, 7) is 0.979. The van der Waals surface area contributed by atoms with Gasteiger partial charge in [-0.05, 0) is 36.2 Å². The SMILES string of the molecule is COc1cccc(CNC(=O)CCCN2C(=O)CSc3ncccc32)c1. The molecule has 0 atom stereocenters. The standard InChI is InChI=1S/C19H21N3O3S/c1-25-15-6-2-5-14(11-15)12-21-17(23)8-4-10-22-16-7-3-9-20-19(16)26-13-18(22)24/h2-3,5-7,9,11H,4,8,10,12-13H2,1H3,(H,21,23). The molecule has 136 valence electrons. The molecule has 1 aliphatic rings. The number of amides is 2. The van der Waals surface area contributed by atoms with E-state index in [0.717, 1.165) is 22.0 Å². The molecule has 1 aromatic carbocycles. The van der Waals surface area contributed by atoms with Crippen LogP contribution in [-0.2, 0) is 16.1 Å². The molecule has 0 radical (unpaired) electrons. The van der Waals surface area contributed by atoms with Gasteiger partial charge in [-0.15, -0.1) is 0 Å². The van der Waals surface area contributed by atoms with E-state index < -0.39 is 0 Å². The fourth-order valence-electron chi connectivity index (χ4n) is 2.76. The predicted molar refractivity (Wildman–Crippen MR) is 101 cm³/mol. The van der Waals surface area contributed by atoms with E-state index in [9.17, 15) is 9.59 Å². The Kier molecular flexibility index (Phi) is 6.12. The summed E-state index contributed by atoms with van der Waals surface area (Å²) in [6, 6.07) is 11.3. The number of nitrogens with zero attached hydrogens (tertiary/aromatic N) is 2. The first-order chi connectivity index (χ1) is 12.7. The normalized spacial score (nSPS) is 13.3. The number of aromatic nitrogens is 1. The Bertz CT molecular complexity index is 797. The summed E-state index contributed by atoms with van der Waals surface area (Å²) in [5.74, 6) is 1.20. The molecule has 2 heterocycles. The van der Waals surface area contributed by atoms with E-state index in [1.54, 1.807) is 18.2 Å². The predicted octanol–water partition coefficient (Wildman–Crippen LogP) is 2.63. The van der Waals surface area contributed by atoms with Gasteiger partial charge >= 0.3 is 0 Å². The lowest BCUT2D eigenvalue weighted by atomic mass is 10.2. The number of hydrogen-bond donors (Lipinski definition) is 1. The van der Waals surface area contributed by atoms with Crippen LogP contribution in [0.3, 0.4) is 0 Å². The third-order valence-corrected chi connectivity index (χ3v) is 5.06. The van der Waals surface area contributed by atoms with E-state index in [4.69, 9.17) is 4.74 Å². The van der Waals surface area contributed by atoms with Crippen molar-refractivity contribution >= 4 is 29.3 Å². The second kappa shape index (κ2) is 8.71. The number of ether oxygens (including phenoxy) is 1. The quantitative estimate of drug-likeness (QED) is 0.810. The maximum atomic E-state index is 12.2. The summed E-state index contributed by atoms with van der Waals surface area (Å²) < 4.78 is 5.18. The van der Waals surface area contributed by atoms with Gasteiger partial charge < -0.3 is 15.0 Å². The first kappa shape index (κ1) is 18.3. The van der Waals surface area contributed by atoms with E-state index >= 15 is 0 Å². The van der Waals surface area contributed by atoms with Crippen molar-refractivity contribution in [2.24, 2.45) is 0 Å². The minimum atomic E-state index is -0.0296. The second-order valence-corrected chi connectivity index (χ2v) is 6.86. The van der Waals surface area contributed by atoms with Crippen molar-refractivity contribution in [1.82, 2.24) is 10.3 Å². The fourth-order valence-corrected chi connectivity index (χ4v) is 3.63. The molecule has 1 aromatic heterocycles. The largest absolute Gasteiger partial charge is 0.497 e. The molecule has 0 spiro atoms.